The van der Waals surface area contributed by atoms with Gasteiger partial charge in [0.2, 0.25) is 0 Å². The summed E-state index contributed by atoms with van der Waals surface area (Å²) in [6.07, 6.45) is 2.20. The fourth-order valence-electron chi connectivity index (χ4n) is 2.04. The minimum atomic E-state index is -0.885. The van der Waals surface area contributed by atoms with Gasteiger partial charge in [-0.25, -0.2) is 0 Å². The Balaban J connectivity index is 2.38. The van der Waals surface area contributed by atoms with Crippen LogP contribution in [0.4, 0.5) is 0 Å². The minimum absolute atomic E-state index is 0.373. The molecule has 0 unspecified atom stereocenters. The third kappa shape index (κ3) is 1.54. The molecule has 1 N–H and O–H groups in total. The average molecular weight is 232 g/mol. The second-order valence-corrected chi connectivity index (χ2v) is 4.46. The van der Waals surface area contributed by atoms with E-state index in [0.29, 0.717) is 28.2 Å². The molecule has 1 heterocycles. The molecular weight excluding hydrogens is 220 g/mol. The van der Waals surface area contributed by atoms with Crippen LogP contribution in [0.2, 0.25) is 0 Å². The summed E-state index contributed by atoms with van der Waals surface area (Å²) in [5.41, 5.74) is -0.563. The van der Waals surface area contributed by atoms with E-state index in [1.165, 1.54) is 4.57 Å². The maximum atomic E-state index is 11.8. The van der Waals surface area contributed by atoms with E-state index < -0.39 is 11.1 Å². The van der Waals surface area contributed by atoms with Crippen molar-refractivity contribution in [1.29, 1.82) is 0 Å². The van der Waals surface area contributed by atoms with E-state index in [-0.39, 0.29) is 0 Å². The molecule has 1 aromatic heterocycles. The summed E-state index contributed by atoms with van der Waals surface area (Å²) in [5, 5.41) is 9.60. The maximum absolute atomic E-state index is 11.8. The van der Waals surface area contributed by atoms with Crippen molar-refractivity contribution in [2.24, 2.45) is 5.92 Å². The maximum Gasteiger partial charge on any atom is 0.349 e. The molecule has 0 spiro atoms. The zero-order valence-corrected chi connectivity index (χ0v) is 9.17. The van der Waals surface area contributed by atoms with Crippen LogP contribution in [0.1, 0.15) is 12.8 Å². The first-order valence-electron chi connectivity index (χ1n) is 5.62. The van der Waals surface area contributed by atoms with E-state index in [0.717, 1.165) is 12.8 Å². The molecule has 2 aromatic rings. The van der Waals surface area contributed by atoms with Crippen molar-refractivity contribution in [3.63, 3.8) is 0 Å². The van der Waals surface area contributed by atoms with Crippen molar-refractivity contribution in [1.82, 2.24) is 9.30 Å². The summed E-state index contributed by atoms with van der Waals surface area (Å²) in [5.74, 6) is 0.491. The van der Waals surface area contributed by atoms with E-state index >= 15 is 0 Å². The molecule has 0 amide bonds. The first kappa shape index (κ1) is 10.1. The van der Waals surface area contributed by atoms with E-state index in [4.69, 9.17) is 0 Å². The number of rotatable bonds is 2. The molecule has 0 bridgehead atoms. The van der Waals surface area contributed by atoms with E-state index in [9.17, 15) is 14.8 Å². The van der Waals surface area contributed by atoms with Gasteiger partial charge in [0.25, 0.3) is 0 Å². The lowest BCUT2D eigenvalue weighted by Crippen LogP contribution is -2.41. The fraction of sp³-hybridized carbons (Fsp3) is 0.333. The zero-order chi connectivity index (χ0) is 12.0. The van der Waals surface area contributed by atoms with Gasteiger partial charge in [-0.05, 0) is 30.9 Å². The number of aromatic nitrogens is 2. The molecule has 0 atom stereocenters. The summed E-state index contributed by atoms with van der Waals surface area (Å²) < 4.78 is 1.91. The molecule has 17 heavy (non-hydrogen) atoms. The smallest absolute Gasteiger partial charge is 0.349 e. The summed E-state index contributed by atoms with van der Waals surface area (Å²) in [6, 6.07) is 6.88. The summed E-state index contributed by atoms with van der Waals surface area (Å²) in [4.78, 5) is 23.4. The Kier molecular flexibility index (Phi) is 2.07. The highest BCUT2D eigenvalue weighted by Gasteiger charge is 2.24. The number of para-hydroxylation sites is 2. The lowest BCUT2D eigenvalue weighted by molar-refractivity contribution is 0.185. The zero-order valence-electron chi connectivity index (χ0n) is 9.17. The minimum Gasteiger partial charge on any atom is -0.425 e. The summed E-state index contributed by atoms with van der Waals surface area (Å²) >= 11 is 0. The molecule has 1 aromatic carbocycles. The highest BCUT2D eigenvalue weighted by atomic mass is 16.5. The van der Waals surface area contributed by atoms with Gasteiger partial charge >= 0.3 is 11.1 Å². The summed E-state index contributed by atoms with van der Waals surface area (Å²) in [6.45, 7) is 0.565. The van der Waals surface area contributed by atoms with E-state index in [1.807, 2.05) is 0 Å². The monoisotopic (exact) mass is 232 g/mol. The fourth-order valence-corrected chi connectivity index (χ4v) is 2.04. The van der Waals surface area contributed by atoms with Crippen molar-refractivity contribution in [3.8, 4) is 0 Å². The molecule has 88 valence electrons. The number of hydrogen-bond donors (Lipinski definition) is 1. The van der Waals surface area contributed by atoms with Gasteiger partial charge in [0.15, 0.2) is 0 Å². The first-order chi connectivity index (χ1) is 8.18. The van der Waals surface area contributed by atoms with Crippen molar-refractivity contribution < 1.29 is 5.21 Å². The van der Waals surface area contributed by atoms with Crippen LogP contribution in [-0.2, 0) is 6.54 Å². The van der Waals surface area contributed by atoms with Gasteiger partial charge in [-0.15, -0.1) is 4.73 Å². The van der Waals surface area contributed by atoms with Crippen molar-refractivity contribution >= 4 is 11.0 Å². The standard InChI is InChI=1S/C12H12N2O3/c15-11-12(16)14(17)10-4-2-1-3-9(10)13(11)7-8-5-6-8/h1-4,8,17H,5-7H2. The van der Waals surface area contributed by atoms with Crippen molar-refractivity contribution in [2.75, 3.05) is 0 Å². The second-order valence-electron chi connectivity index (χ2n) is 4.46. The quantitative estimate of drug-likeness (QED) is 0.615. The molecule has 1 aliphatic carbocycles. The van der Waals surface area contributed by atoms with Crippen LogP contribution in [0.25, 0.3) is 11.0 Å². The molecule has 1 fully saturated rings. The number of hydrogen-bond acceptors (Lipinski definition) is 3. The first-order valence-corrected chi connectivity index (χ1v) is 5.62. The normalized spacial score (nSPS) is 15.3. The van der Waals surface area contributed by atoms with Crippen molar-refractivity contribution in [3.05, 3.63) is 45.0 Å². The highest BCUT2D eigenvalue weighted by molar-refractivity contribution is 5.74. The van der Waals surface area contributed by atoms with Crippen LogP contribution >= 0.6 is 0 Å². The Morgan fingerprint density at radius 2 is 1.76 bits per heavy atom. The van der Waals surface area contributed by atoms with Crippen LogP contribution < -0.4 is 11.1 Å². The molecule has 0 radical (unpaired) electrons. The molecule has 1 aliphatic rings. The number of benzene rings is 1. The predicted octanol–water partition coefficient (Wildman–Crippen LogP) is 0.810. The molecule has 3 rings (SSSR count). The van der Waals surface area contributed by atoms with Crippen LogP contribution in [0.3, 0.4) is 0 Å². The Hall–Kier alpha value is -2.04. The van der Waals surface area contributed by atoms with Gasteiger partial charge < -0.3 is 9.77 Å². The molecule has 1 saturated carbocycles. The molecule has 0 saturated heterocycles. The highest BCUT2D eigenvalue weighted by Crippen LogP contribution is 2.30. The van der Waals surface area contributed by atoms with Crippen LogP contribution in [0, 0.1) is 5.92 Å². The van der Waals surface area contributed by atoms with Crippen LogP contribution in [-0.4, -0.2) is 14.5 Å². The van der Waals surface area contributed by atoms with E-state index in [1.54, 1.807) is 24.3 Å². The van der Waals surface area contributed by atoms with Gasteiger partial charge in [-0.3, -0.25) is 9.59 Å². The molecule has 5 heteroatoms. The molecule has 0 aliphatic heterocycles. The number of fused-ring (bicyclic) bond motifs is 1. The molecule has 5 nitrogen and oxygen atoms in total. The third-order valence-electron chi connectivity index (χ3n) is 3.16. The topological polar surface area (TPSA) is 64.2 Å². The second kappa shape index (κ2) is 3.48. The van der Waals surface area contributed by atoms with E-state index in [2.05, 4.69) is 0 Å². The Bertz CT molecular complexity index is 695. The van der Waals surface area contributed by atoms with Gasteiger partial charge in [0, 0.05) is 6.54 Å². The SMILES string of the molecule is O=c1c(=O)n(CC2CC2)c2ccccc2n1O. The Morgan fingerprint density at radius 1 is 1.12 bits per heavy atom. The largest absolute Gasteiger partial charge is 0.425 e. The third-order valence-corrected chi connectivity index (χ3v) is 3.16. The van der Waals surface area contributed by atoms with Crippen LogP contribution in [0.15, 0.2) is 33.9 Å². The number of nitrogens with zero attached hydrogens (tertiary/aromatic N) is 2. The van der Waals surface area contributed by atoms with Gasteiger partial charge in [-0.1, -0.05) is 12.1 Å². The van der Waals surface area contributed by atoms with Crippen molar-refractivity contribution in [2.45, 2.75) is 19.4 Å². The Morgan fingerprint density at radius 3 is 2.41 bits per heavy atom. The average Bonchev–Trinajstić information content (AvgIpc) is 3.16. The summed E-state index contributed by atoms with van der Waals surface area (Å²) in [7, 11) is 0. The molecular formula is C12H12N2O3. The van der Waals surface area contributed by atoms with Gasteiger partial charge in [0.1, 0.15) is 5.52 Å². The van der Waals surface area contributed by atoms with Crippen LogP contribution in [0.5, 0.6) is 0 Å². The van der Waals surface area contributed by atoms with Gasteiger partial charge in [-0.2, -0.15) is 0 Å². The van der Waals surface area contributed by atoms with Gasteiger partial charge in [0.05, 0.1) is 5.52 Å². The predicted molar refractivity (Wildman–Crippen MR) is 62.4 cm³/mol. The Labute approximate surface area is 96.5 Å². The lowest BCUT2D eigenvalue weighted by atomic mass is 10.3. The lowest BCUT2D eigenvalue weighted by Gasteiger charge is -2.10.